The molecular weight excluding hydrogens is 258 g/mol. The third kappa shape index (κ3) is 2.42. The van der Waals surface area contributed by atoms with Gasteiger partial charge in [0.15, 0.2) is 0 Å². The first-order valence-electron chi connectivity index (χ1n) is 6.13. The minimum atomic E-state index is 0.648. The van der Waals surface area contributed by atoms with Crippen LogP contribution in [0.2, 0.25) is 5.15 Å². The fraction of sp³-hybridized carbons (Fsp3) is 0.133. The van der Waals surface area contributed by atoms with Crippen molar-refractivity contribution in [2.24, 2.45) is 7.05 Å². The van der Waals surface area contributed by atoms with Gasteiger partial charge in [-0.05, 0) is 22.9 Å². The van der Waals surface area contributed by atoms with E-state index >= 15 is 0 Å². The molecule has 1 N–H and O–H groups in total. The van der Waals surface area contributed by atoms with E-state index in [9.17, 15) is 0 Å². The number of anilines is 1. The van der Waals surface area contributed by atoms with Crippen LogP contribution in [0.25, 0.3) is 10.8 Å². The fourth-order valence-corrected chi connectivity index (χ4v) is 2.22. The number of nitrogens with one attached hydrogen (secondary N) is 1. The first-order valence-corrected chi connectivity index (χ1v) is 6.50. The number of aromatic nitrogens is 2. The highest BCUT2D eigenvalue weighted by atomic mass is 35.5. The summed E-state index contributed by atoms with van der Waals surface area (Å²) in [6, 6.07) is 14.6. The molecular formula is C15H14ClN3. The van der Waals surface area contributed by atoms with Gasteiger partial charge in [-0.2, -0.15) is 0 Å². The van der Waals surface area contributed by atoms with Gasteiger partial charge in [0.05, 0.1) is 12.7 Å². The minimum Gasteiger partial charge on any atom is -0.378 e. The minimum absolute atomic E-state index is 0.648. The lowest BCUT2D eigenvalue weighted by Crippen LogP contribution is -2.05. The van der Waals surface area contributed by atoms with Crippen LogP contribution in [0.15, 0.2) is 48.7 Å². The smallest absolute Gasteiger partial charge is 0.128 e. The summed E-state index contributed by atoms with van der Waals surface area (Å²) in [4.78, 5) is 4.26. The number of hydrogen-bond donors (Lipinski definition) is 1. The van der Waals surface area contributed by atoms with Gasteiger partial charge >= 0.3 is 0 Å². The van der Waals surface area contributed by atoms with Crippen LogP contribution in [0, 0.1) is 0 Å². The second-order valence-electron chi connectivity index (χ2n) is 4.47. The third-order valence-electron chi connectivity index (χ3n) is 3.23. The van der Waals surface area contributed by atoms with Crippen molar-refractivity contribution in [2.75, 3.05) is 5.32 Å². The van der Waals surface area contributed by atoms with Gasteiger partial charge < -0.3 is 9.88 Å². The summed E-state index contributed by atoms with van der Waals surface area (Å²) >= 11 is 5.96. The lowest BCUT2D eigenvalue weighted by atomic mass is 10.1. The molecule has 96 valence electrons. The first-order chi connectivity index (χ1) is 9.24. The Morgan fingerprint density at radius 2 is 1.95 bits per heavy atom. The molecule has 0 amide bonds. The Balaban J connectivity index is 1.80. The lowest BCUT2D eigenvalue weighted by Gasteiger charge is -2.08. The Kier molecular flexibility index (Phi) is 3.13. The first kappa shape index (κ1) is 12.1. The van der Waals surface area contributed by atoms with E-state index in [-0.39, 0.29) is 0 Å². The van der Waals surface area contributed by atoms with Crippen LogP contribution in [0.1, 0.15) is 5.82 Å². The summed E-state index contributed by atoms with van der Waals surface area (Å²) < 4.78 is 1.87. The highest BCUT2D eigenvalue weighted by molar-refractivity contribution is 6.29. The molecule has 1 heterocycles. The van der Waals surface area contributed by atoms with Crippen LogP contribution in [0.4, 0.5) is 5.69 Å². The molecule has 3 nitrogen and oxygen atoms in total. The number of hydrogen-bond acceptors (Lipinski definition) is 2. The molecule has 0 aliphatic rings. The molecule has 2 aromatic carbocycles. The van der Waals surface area contributed by atoms with Gasteiger partial charge in [-0.3, -0.25) is 0 Å². The third-order valence-corrected chi connectivity index (χ3v) is 3.58. The van der Waals surface area contributed by atoms with Crippen molar-refractivity contribution in [2.45, 2.75) is 6.54 Å². The van der Waals surface area contributed by atoms with Crippen molar-refractivity contribution in [3.05, 3.63) is 59.6 Å². The summed E-state index contributed by atoms with van der Waals surface area (Å²) in [6.45, 7) is 0.654. The highest BCUT2D eigenvalue weighted by Gasteiger charge is 2.04. The lowest BCUT2D eigenvalue weighted by molar-refractivity contribution is 0.813. The van der Waals surface area contributed by atoms with E-state index in [0.29, 0.717) is 11.7 Å². The van der Waals surface area contributed by atoms with Crippen LogP contribution < -0.4 is 5.32 Å². The summed E-state index contributed by atoms with van der Waals surface area (Å²) in [5.74, 6) is 0.915. The molecule has 3 rings (SSSR count). The number of imidazole rings is 1. The van der Waals surface area contributed by atoms with Crippen LogP contribution in [-0.2, 0) is 13.6 Å². The number of benzene rings is 2. The number of fused-ring (bicyclic) bond motifs is 1. The molecule has 0 bridgehead atoms. The SMILES string of the molecule is Cn1c(Cl)cnc1CNc1ccc2ccccc2c1. The zero-order valence-corrected chi connectivity index (χ0v) is 11.4. The quantitative estimate of drug-likeness (QED) is 0.784. The highest BCUT2D eigenvalue weighted by Crippen LogP contribution is 2.19. The van der Waals surface area contributed by atoms with Crippen molar-refractivity contribution >= 4 is 28.1 Å². The summed E-state index contributed by atoms with van der Waals surface area (Å²) in [5, 5.41) is 6.48. The van der Waals surface area contributed by atoms with E-state index in [4.69, 9.17) is 11.6 Å². The average molecular weight is 272 g/mol. The molecule has 3 aromatic rings. The summed E-state index contributed by atoms with van der Waals surface area (Å²) in [7, 11) is 1.91. The average Bonchev–Trinajstić information content (AvgIpc) is 2.76. The molecule has 0 fully saturated rings. The summed E-state index contributed by atoms with van der Waals surface area (Å²) in [6.07, 6.45) is 1.67. The standard InChI is InChI=1S/C15H14ClN3/c1-19-14(16)9-18-15(19)10-17-13-7-6-11-4-2-3-5-12(11)8-13/h2-9,17H,10H2,1H3. The van der Waals surface area contributed by atoms with Crippen molar-refractivity contribution in [3.8, 4) is 0 Å². The maximum atomic E-state index is 5.96. The van der Waals surface area contributed by atoms with Gasteiger partial charge in [0.1, 0.15) is 11.0 Å². The van der Waals surface area contributed by atoms with Gasteiger partial charge in [-0.25, -0.2) is 4.98 Å². The Morgan fingerprint density at radius 3 is 2.68 bits per heavy atom. The maximum Gasteiger partial charge on any atom is 0.128 e. The van der Waals surface area contributed by atoms with E-state index in [0.717, 1.165) is 11.5 Å². The normalized spacial score (nSPS) is 10.8. The predicted octanol–water partition coefficient (Wildman–Crippen LogP) is 3.84. The van der Waals surface area contributed by atoms with Gasteiger partial charge in [0.25, 0.3) is 0 Å². The zero-order valence-electron chi connectivity index (χ0n) is 10.6. The topological polar surface area (TPSA) is 29.9 Å². The molecule has 19 heavy (non-hydrogen) atoms. The van der Waals surface area contributed by atoms with E-state index < -0.39 is 0 Å². The van der Waals surface area contributed by atoms with Crippen LogP contribution >= 0.6 is 11.6 Å². The molecule has 0 unspecified atom stereocenters. The maximum absolute atomic E-state index is 5.96. The molecule has 0 saturated carbocycles. The van der Waals surface area contributed by atoms with Crippen LogP contribution in [0.5, 0.6) is 0 Å². The Hall–Kier alpha value is -2.00. The number of nitrogens with zero attached hydrogens (tertiary/aromatic N) is 2. The number of rotatable bonds is 3. The monoisotopic (exact) mass is 271 g/mol. The Morgan fingerprint density at radius 1 is 1.16 bits per heavy atom. The Bertz CT molecular complexity index is 718. The van der Waals surface area contributed by atoms with Crippen molar-refractivity contribution < 1.29 is 0 Å². The van der Waals surface area contributed by atoms with Gasteiger partial charge in [-0.1, -0.05) is 41.9 Å². The largest absolute Gasteiger partial charge is 0.378 e. The molecule has 0 aliphatic carbocycles. The summed E-state index contributed by atoms with van der Waals surface area (Å²) in [5.41, 5.74) is 1.08. The fourth-order valence-electron chi connectivity index (χ4n) is 2.07. The van der Waals surface area contributed by atoms with Crippen molar-refractivity contribution in [1.29, 1.82) is 0 Å². The van der Waals surface area contributed by atoms with Crippen molar-refractivity contribution in [3.63, 3.8) is 0 Å². The van der Waals surface area contributed by atoms with E-state index in [1.54, 1.807) is 6.20 Å². The van der Waals surface area contributed by atoms with E-state index in [1.807, 2.05) is 23.7 Å². The second-order valence-corrected chi connectivity index (χ2v) is 4.86. The second kappa shape index (κ2) is 4.94. The van der Waals surface area contributed by atoms with Gasteiger partial charge in [-0.15, -0.1) is 0 Å². The Labute approximate surface area is 116 Å². The van der Waals surface area contributed by atoms with Crippen molar-refractivity contribution in [1.82, 2.24) is 9.55 Å². The van der Waals surface area contributed by atoms with Gasteiger partial charge in [0, 0.05) is 12.7 Å². The van der Waals surface area contributed by atoms with Crippen LogP contribution in [-0.4, -0.2) is 9.55 Å². The molecule has 0 spiro atoms. The van der Waals surface area contributed by atoms with E-state index in [2.05, 4.69) is 40.6 Å². The molecule has 4 heteroatoms. The zero-order chi connectivity index (χ0) is 13.2. The van der Waals surface area contributed by atoms with Gasteiger partial charge in [0.2, 0.25) is 0 Å². The van der Waals surface area contributed by atoms with Crippen LogP contribution in [0.3, 0.4) is 0 Å². The number of halogens is 1. The molecule has 0 radical (unpaired) electrons. The molecule has 0 atom stereocenters. The van der Waals surface area contributed by atoms with E-state index in [1.165, 1.54) is 10.8 Å². The molecule has 1 aromatic heterocycles. The molecule has 0 saturated heterocycles. The predicted molar refractivity (Wildman–Crippen MR) is 79.5 cm³/mol. The molecule has 0 aliphatic heterocycles.